The van der Waals surface area contributed by atoms with Gasteiger partial charge >= 0.3 is 0 Å². The smallest absolute Gasteiger partial charge is 0.255 e. The summed E-state index contributed by atoms with van der Waals surface area (Å²) in [6.45, 7) is 5.10. The number of ether oxygens (including phenoxy) is 1. The van der Waals surface area contributed by atoms with Crippen molar-refractivity contribution in [2.45, 2.75) is 19.0 Å². The Labute approximate surface area is 171 Å². The van der Waals surface area contributed by atoms with Crippen LogP contribution in [0.3, 0.4) is 0 Å². The number of morpholine rings is 1. The first-order chi connectivity index (χ1) is 14.2. The Hall–Kier alpha value is -2.70. The molecule has 1 N–H and O–H groups in total. The molecule has 2 aliphatic heterocycles. The normalized spacial score (nSPS) is 17.8. The molecule has 4 rings (SSSR count). The molecule has 0 radical (unpaired) electrons. The first-order valence-corrected chi connectivity index (χ1v) is 10.2. The first kappa shape index (κ1) is 19.6. The van der Waals surface area contributed by atoms with Gasteiger partial charge in [-0.25, -0.2) is 0 Å². The van der Waals surface area contributed by atoms with Gasteiger partial charge < -0.3 is 15.0 Å². The number of carbonyl (C=O) groups is 2. The Kier molecular flexibility index (Phi) is 6.22. The van der Waals surface area contributed by atoms with Crippen LogP contribution in [0.4, 0.5) is 0 Å². The summed E-state index contributed by atoms with van der Waals surface area (Å²) in [7, 11) is 0. The predicted octanol–water partition coefficient (Wildman–Crippen LogP) is 1.70. The average Bonchev–Trinajstić information content (AvgIpc) is 3.10. The lowest BCUT2D eigenvalue weighted by atomic mass is 10.0. The fourth-order valence-electron chi connectivity index (χ4n) is 3.99. The van der Waals surface area contributed by atoms with E-state index in [9.17, 15) is 9.59 Å². The summed E-state index contributed by atoms with van der Waals surface area (Å²) < 4.78 is 5.37. The third-order valence-corrected chi connectivity index (χ3v) is 5.63. The van der Waals surface area contributed by atoms with Crippen LogP contribution >= 0.6 is 0 Å². The van der Waals surface area contributed by atoms with Gasteiger partial charge in [0, 0.05) is 44.7 Å². The minimum Gasteiger partial charge on any atom is -0.379 e. The third-order valence-electron chi connectivity index (χ3n) is 5.63. The second-order valence-corrected chi connectivity index (χ2v) is 7.54. The van der Waals surface area contributed by atoms with Crippen LogP contribution in [-0.2, 0) is 22.5 Å². The van der Waals surface area contributed by atoms with Crippen molar-refractivity contribution >= 4 is 11.8 Å². The number of nitrogens with one attached hydrogen (secondary N) is 1. The van der Waals surface area contributed by atoms with Crippen molar-refractivity contribution in [3.05, 3.63) is 71.3 Å². The highest BCUT2D eigenvalue weighted by atomic mass is 16.5. The molecule has 0 aliphatic carbocycles. The van der Waals surface area contributed by atoms with Crippen LogP contribution in [0.15, 0.2) is 54.6 Å². The minimum absolute atomic E-state index is 0.0649. The SMILES string of the molecule is O=C(NCCN1CCOCC1)C(Cc1ccccc1)N1Cc2ccccc2C1=O. The lowest BCUT2D eigenvalue weighted by molar-refractivity contribution is -0.125. The van der Waals surface area contributed by atoms with Crippen LogP contribution in [0.5, 0.6) is 0 Å². The van der Waals surface area contributed by atoms with Crippen molar-refractivity contribution in [1.29, 1.82) is 0 Å². The van der Waals surface area contributed by atoms with E-state index < -0.39 is 6.04 Å². The van der Waals surface area contributed by atoms with E-state index in [1.165, 1.54) is 0 Å². The molecule has 0 bridgehead atoms. The number of nitrogens with zero attached hydrogens (tertiary/aromatic N) is 2. The zero-order chi connectivity index (χ0) is 20.1. The number of carbonyl (C=O) groups excluding carboxylic acids is 2. The molecule has 2 heterocycles. The van der Waals surface area contributed by atoms with Crippen LogP contribution in [0.1, 0.15) is 21.5 Å². The Morgan fingerprint density at radius 1 is 1.03 bits per heavy atom. The topological polar surface area (TPSA) is 61.9 Å². The summed E-state index contributed by atoms with van der Waals surface area (Å²) in [6, 6.07) is 17.0. The lowest BCUT2D eigenvalue weighted by Gasteiger charge is -2.29. The summed E-state index contributed by atoms with van der Waals surface area (Å²) in [4.78, 5) is 30.1. The Bertz CT molecular complexity index is 849. The molecule has 1 unspecified atom stereocenters. The Morgan fingerprint density at radius 3 is 2.52 bits per heavy atom. The molecule has 152 valence electrons. The maximum atomic E-state index is 13.1. The maximum absolute atomic E-state index is 13.1. The molecule has 2 aromatic carbocycles. The molecule has 0 spiro atoms. The standard InChI is InChI=1S/C23H27N3O3/c27-22(24-10-11-25-12-14-29-15-13-25)21(16-18-6-2-1-3-7-18)26-17-19-8-4-5-9-20(19)23(26)28/h1-9,21H,10-17H2,(H,24,27). The van der Waals surface area contributed by atoms with Gasteiger partial charge in [0.1, 0.15) is 6.04 Å². The second kappa shape index (κ2) is 9.20. The van der Waals surface area contributed by atoms with Gasteiger partial charge in [0.25, 0.3) is 5.91 Å². The van der Waals surface area contributed by atoms with Crippen molar-refractivity contribution in [3.8, 4) is 0 Å². The van der Waals surface area contributed by atoms with Gasteiger partial charge in [-0.2, -0.15) is 0 Å². The minimum atomic E-state index is -0.526. The summed E-state index contributed by atoms with van der Waals surface area (Å²) in [5.41, 5.74) is 2.73. The molecule has 6 nitrogen and oxygen atoms in total. The molecule has 6 heteroatoms. The van der Waals surface area contributed by atoms with E-state index in [0.717, 1.165) is 44.0 Å². The molecule has 2 aromatic rings. The number of hydrogen-bond donors (Lipinski definition) is 1. The van der Waals surface area contributed by atoms with Gasteiger partial charge in [0.05, 0.1) is 13.2 Å². The number of hydrogen-bond acceptors (Lipinski definition) is 4. The molecule has 1 atom stereocenters. The number of amides is 2. The summed E-state index contributed by atoms with van der Waals surface area (Å²) in [5.74, 6) is -0.159. The molecule has 0 saturated carbocycles. The lowest BCUT2D eigenvalue weighted by Crippen LogP contribution is -2.50. The molecule has 0 aromatic heterocycles. The maximum Gasteiger partial charge on any atom is 0.255 e. The van der Waals surface area contributed by atoms with Crippen LogP contribution < -0.4 is 5.32 Å². The Morgan fingerprint density at radius 2 is 1.76 bits per heavy atom. The second-order valence-electron chi connectivity index (χ2n) is 7.54. The van der Waals surface area contributed by atoms with Gasteiger partial charge in [-0.05, 0) is 17.2 Å². The van der Waals surface area contributed by atoms with Gasteiger partial charge in [0.15, 0.2) is 0 Å². The van der Waals surface area contributed by atoms with Crippen molar-refractivity contribution in [2.24, 2.45) is 0 Å². The molecular weight excluding hydrogens is 366 g/mol. The van der Waals surface area contributed by atoms with Crippen LogP contribution in [-0.4, -0.2) is 67.0 Å². The van der Waals surface area contributed by atoms with Crippen LogP contribution in [0, 0.1) is 0 Å². The van der Waals surface area contributed by atoms with E-state index in [0.29, 0.717) is 25.1 Å². The van der Waals surface area contributed by atoms with Crippen molar-refractivity contribution < 1.29 is 14.3 Å². The van der Waals surface area contributed by atoms with Crippen molar-refractivity contribution in [1.82, 2.24) is 15.1 Å². The zero-order valence-corrected chi connectivity index (χ0v) is 16.5. The number of benzene rings is 2. The van der Waals surface area contributed by atoms with Crippen molar-refractivity contribution in [3.63, 3.8) is 0 Å². The summed E-state index contributed by atoms with van der Waals surface area (Å²) in [6.07, 6.45) is 0.504. The molecule has 2 aliphatic rings. The monoisotopic (exact) mass is 393 g/mol. The number of rotatable bonds is 7. The fourth-order valence-corrected chi connectivity index (χ4v) is 3.99. The van der Waals surface area contributed by atoms with Crippen molar-refractivity contribution in [2.75, 3.05) is 39.4 Å². The summed E-state index contributed by atoms with van der Waals surface area (Å²) >= 11 is 0. The van der Waals surface area contributed by atoms with E-state index in [4.69, 9.17) is 4.74 Å². The third kappa shape index (κ3) is 4.66. The average molecular weight is 393 g/mol. The highest BCUT2D eigenvalue weighted by Crippen LogP contribution is 2.25. The largest absolute Gasteiger partial charge is 0.379 e. The van der Waals surface area contributed by atoms with E-state index >= 15 is 0 Å². The van der Waals surface area contributed by atoms with E-state index in [-0.39, 0.29) is 11.8 Å². The van der Waals surface area contributed by atoms with E-state index in [2.05, 4.69) is 10.2 Å². The molecule has 2 amide bonds. The molecule has 1 fully saturated rings. The van der Waals surface area contributed by atoms with E-state index in [1.54, 1.807) is 4.90 Å². The van der Waals surface area contributed by atoms with Gasteiger partial charge in [-0.3, -0.25) is 14.5 Å². The molecule has 1 saturated heterocycles. The highest BCUT2D eigenvalue weighted by molar-refractivity contribution is 6.01. The fraction of sp³-hybridized carbons (Fsp3) is 0.391. The Balaban J connectivity index is 1.45. The number of fused-ring (bicyclic) bond motifs is 1. The predicted molar refractivity (Wildman–Crippen MR) is 111 cm³/mol. The molecule has 29 heavy (non-hydrogen) atoms. The molecular formula is C23H27N3O3. The van der Waals surface area contributed by atoms with Crippen LogP contribution in [0.25, 0.3) is 0 Å². The quantitative estimate of drug-likeness (QED) is 0.778. The van der Waals surface area contributed by atoms with Crippen LogP contribution in [0.2, 0.25) is 0 Å². The first-order valence-electron chi connectivity index (χ1n) is 10.2. The van der Waals surface area contributed by atoms with Gasteiger partial charge in [-0.1, -0.05) is 48.5 Å². The van der Waals surface area contributed by atoms with Gasteiger partial charge in [-0.15, -0.1) is 0 Å². The summed E-state index contributed by atoms with van der Waals surface area (Å²) in [5, 5.41) is 3.06. The zero-order valence-electron chi connectivity index (χ0n) is 16.5. The highest BCUT2D eigenvalue weighted by Gasteiger charge is 2.36. The van der Waals surface area contributed by atoms with E-state index in [1.807, 2.05) is 54.6 Å². The van der Waals surface area contributed by atoms with Gasteiger partial charge in [0.2, 0.25) is 5.91 Å².